The summed E-state index contributed by atoms with van der Waals surface area (Å²) in [6.07, 6.45) is 4.58. The molecule has 0 amide bonds. The van der Waals surface area contributed by atoms with Crippen molar-refractivity contribution in [3.8, 4) is 6.07 Å². The Morgan fingerprint density at radius 1 is 1.32 bits per heavy atom. The zero-order valence-corrected chi connectivity index (χ0v) is 11.2. The summed E-state index contributed by atoms with van der Waals surface area (Å²) in [6.45, 7) is 1.75. The Balaban J connectivity index is 1.85. The van der Waals surface area contributed by atoms with Crippen LogP contribution < -0.4 is 0 Å². The molecule has 0 bridgehead atoms. The van der Waals surface area contributed by atoms with Gasteiger partial charge in [-0.05, 0) is 24.8 Å². The molecule has 0 aromatic heterocycles. The molecule has 19 heavy (non-hydrogen) atoms. The maximum absolute atomic E-state index is 9.16. The van der Waals surface area contributed by atoms with E-state index in [2.05, 4.69) is 35.2 Å². The molecule has 3 heteroatoms. The van der Waals surface area contributed by atoms with Gasteiger partial charge in [0.25, 0.3) is 0 Å². The second-order valence-corrected chi connectivity index (χ2v) is 5.43. The Morgan fingerprint density at radius 3 is 2.95 bits per heavy atom. The number of rotatable bonds is 3. The van der Waals surface area contributed by atoms with E-state index in [1.165, 1.54) is 24.8 Å². The van der Waals surface area contributed by atoms with Crippen molar-refractivity contribution >= 4 is 0 Å². The van der Waals surface area contributed by atoms with Crippen molar-refractivity contribution in [1.29, 1.82) is 5.26 Å². The predicted molar refractivity (Wildman–Crippen MR) is 73.5 cm³/mol. The van der Waals surface area contributed by atoms with Gasteiger partial charge in [0, 0.05) is 18.6 Å². The standard InChI is InChI=1S/C16H20N2O/c17-10-9-14(13-5-2-1-3-6-13)18-11-12-19-16-8-4-7-15(16)18/h1-3,5-6,14-16H,4,7-9,11-12H2. The van der Waals surface area contributed by atoms with Gasteiger partial charge in [0.2, 0.25) is 0 Å². The Kier molecular flexibility index (Phi) is 3.82. The molecular weight excluding hydrogens is 236 g/mol. The van der Waals surface area contributed by atoms with Crippen LogP contribution in [0, 0.1) is 11.3 Å². The maximum atomic E-state index is 9.16. The molecule has 3 nitrogen and oxygen atoms in total. The number of ether oxygens (including phenoxy) is 1. The van der Waals surface area contributed by atoms with Crippen molar-refractivity contribution in [3.05, 3.63) is 35.9 Å². The highest BCUT2D eigenvalue weighted by atomic mass is 16.5. The fraction of sp³-hybridized carbons (Fsp3) is 0.562. The largest absolute Gasteiger partial charge is 0.375 e. The molecule has 2 aliphatic rings. The predicted octanol–water partition coefficient (Wildman–Crippen LogP) is 2.89. The molecular formula is C16H20N2O. The fourth-order valence-electron chi connectivity index (χ4n) is 3.53. The lowest BCUT2D eigenvalue weighted by molar-refractivity contribution is -0.0718. The molecule has 3 rings (SSSR count). The van der Waals surface area contributed by atoms with E-state index >= 15 is 0 Å². The van der Waals surface area contributed by atoms with Crippen LogP contribution in [0.25, 0.3) is 0 Å². The Labute approximate surface area is 114 Å². The highest BCUT2D eigenvalue weighted by molar-refractivity contribution is 5.21. The average Bonchev–Trinajstić information content (AvgIpc) is 2.94. The van der Waals surface area contributed by atoms with Crippen molar-refractivity contribution in [2.24, 2.45) is 0 Å². The second kappa shape index (κ2) is 5.73. The zero-order chi connectivity index (χ0) is 13.1. The van der Waals surface area contributed by atoms with Crippen LogP contribution in [0.1, 0.15) is 37.3 Å². The third kappa shape index (κ3) is 2.51. The van der Waals surface area contributed by atoms with Crippen LogP contribution in [-0.4, -0.2) is 30.2 Å². The van der Waals surface area contributed by atoms with Gasteiger partial charge in [-0.3, -0.25) is 4.90 Å². The van der Waals surface area contributed by atoms with Crippen molar-refractivity contribution < 1.29 is 4.74 Å². The molecule has 1 saturated carbocycles. The molecule has 3 unspecified atom stereocenters. The first-order valence-electron chi connectivity index (χ1n) is 7.19. The fourth-order valence-corrected chi connectivity index (χ4v) is 3.53. The van der Waals surface area contributed by atoms with Gasteiger partial charge in [-0.25, -0.2) is 0 Å². The summed E-state index contributed by atoms with van der Waals surface area (Å²) in [6, 6.07) is 13.5. The molecule has 1 aromatic rings. The minimum absolute atomic E-state index is 0.223. The molecule has 0 radical (unpaired) electrons. The third-order valence-corrected chi connectivity index (χ3v) is 4.39. The minimum atomic E-state index is 0.223. The average molecular weight is 256 g/mol. The molecule has 100 valence electrons. The molecule has 3 atom stereocenters. The van der Waals surface area contributed by atoms with Gasteiger partial charge in [0.1, 0.15) is 0 Å². The number of benzene rings is 1. The smallest absolute Gasteiger partial charge is 0.0731 e. The number of nitrogens with zero attached hydrogens (tertiary/aromatic N) is 2. The topological polar surface area (TPSA) is 36.3 Å². The van der Waals surface area contributed by atoms with Crippen LogP contribution >= 0.6 is 0 Å². The van der Waals surface area contributed by atoms with Crippen LogP contribution in [0.3, 0.4) is 0 Å². The summed E-state index contributed by atoms with van der Waals surface area (Å²) in [7, 11) is 0. The lowest BCUT2D eigenvalue weighted by Gasteiger charge is -2.42. The van der Waals surface area contributed by atoms with E-state index in [1.807, 2.05) is 6.07 Å². The Hall–Kier alpha value is -1.37. The van der Waals surface area contributed by atoms with E-state index in [0.29, 0.717) is 18.6 Å². The van der Waals surface area contributed by atoms with E-state index in [1.54, 1.807) is 0 Å². The highest BCUT2D eigenvalue weighted by Gasteiger charge is 2.39. The summed E-state index contributed by atoms with van der Waals surface area (Å²) in [5.74, 6) is 0. The SMILES string of the molecule is N#CCC(c1ccccc1)N1CCOC2CCCC21. The van der Waals surface area contributed by atoms with E-state index in [9.17, 15) is 0 Å². The maximum Gasteiger partial charge on any atom is 0.0731 e. The molecule has 1 heterocycles. The van der Waals surface area contributed by atoms with E-state index in [4.69, 9.17) is 10.00 Å². The Morgan fingerprint density at radius 2 is 2.16 bits per heavy atom. The lowest BCUT2D eigenvalue weighted by Crippen LogP contribution is -2.49. The van der Waals surface area contributed by atoms with Crippen molar-refractivity contribution in [2.45, 2.75) is 43.9 Å². The molecule has 1 aliphatic carbocycles. The van der Waals surface area contributed by atoms with Gasteiger partial charge in [0.05, 0.1) is 25.2 Å². The van der Waals surface area contributed by atoms with E-state index in [-0.39, 0.29) is 6.04 Å². The van der Waals surface area contributed by atoms with E-state index < -0.39 is 0 Å². The van der Waals surface area contributed by atoms with Crippen molar-refractivity contribution in [3.63, 3.8) is 0 Å². The number of hydrogen-bond donors (Lipinski definition) is 0. The second-order valence-electron chi connectivity index (χ2n) is 5.43. The van der Waals surface area contributed by atoms with Crippen molar-refractivity contribution in [1.82, 2.24) is 4.90 Å². The number of morpholine rings is 1. The third-order valence-electron chi connectivity index (χ3n) is 4.39. The summed E-state index contributed by atoms with van der Waals surface area (Å²) in [5.41, 5.74) is 1.26. The van der Waals surface area contributed by atoms with Gasteiger partial charge in [0.15, 0.2) is 0 Å². The van der Waals surface area contributed by atoms with Gasteiger partial charge < -0.3 is 4.74 Å². The Bertz CT molecular complexity index is 454. The first kappa shape index (κ1) is 12.7. The first-order chi connectivity index (χ1) is 9.40. The summed E-state index contributed by atoms with van der Waals surface area (Å²) >= 11 is 0. The zero-order valence-electron chi connectivity index (χ0n) is 11.2. The quantitative estimate of drug-likeness (QED) is 0.834. The van der Waals surface area contributed by atoms with Gasteiger partial charge in [-0.15, -0.1) is 0 Å². The van der Waals surface area contributed by atoms with E-state index in [0.717, 1.165) is 13.2 Å². The van der Waals surface area contributed by atoms with Crippen LogP contribution in [-0.2, 0) is 4.74 Å². The minimum Gasteiger partial charge on any atom is -0.375 e. The summed E-state index contributed by atoms with van der Waals surface area (Å²) in [5, 5.41) is 9.16. The van der Waals surface area contributed by atoms with Crippen LogP contribution in [0.5, 0.6) is 0 Å². The monoisotopic (exact) mass is 256 g/mol. The summed E-state index contributed by atoms with van der Waals surface area (Å²) in [4.78, 5) is 2.51. The molecule has 0 spiro atoms. The van der Waals surface area contributed by atoms with Crippen molar-refractivity contribution in [2.75, 3.05) is 13.2 Å². The van der Waals surface area contributed by atoms with Gasteiger partial charge >= 0.3 is 0 Å². The highest BCUT2D eigenvalue weighted by Crippen LogP contribution is 2.36. The van der Waals surface area contributed by atoms with Crippen LogP contribution in [0.15, 0.2) is 30.3 Å². The molecule has 1 aliphatic heterocycles. The molecule has 1 saturated heterocycles. The lowest BCUT2D eigenvalue weighted by atomic mass is 9.98. The van der Waals surface area contributed by atoms with Crippen LogP contribution in [0.2, 0.25) is 0 Å². The molecule has 1 aromatic carbocycles. The van der Waals surface area contributed by atoms with Crippen LogP contribution in [0.4, 0.5) is 0 Å². The summed E-state index contributed by atoms with van der Waals surface area (Å²) < 4.78 is 5.87. The first-order valence-corrected chi connectivity index (χ1v) is 7.19. The number of nitriles is 1. The molecule has 2 fully saturated rings. The number of fused-ring (bicyclic) bond motifs is 1. The van der Waals surface area contributed by atoms with Gasteiger partial charge in [-0.1, -0.05) is 30.3 Å². The van der Waals surface area contributed by atoms with Gasteiger partial charge in [-0.2, -0.15) is 5.26 Å². The number of hydrogen-bond acceptors (Lipinski definition) is 3. The normalized spacial score (nSPS) is 28.6. The molecule has 0 N–H and O–H groups in total.